The number of fused-ring (bicyclic) bond motifs is 2. The standard InChI is InChI=1S/C17H14O6/c1-4-5-10-15-11(6-7-21-15)16(20-3)14-12(22-9(2)18)8-13(19)23-17(10)14/h4,6-8H,1,5H2,2-3H3. The van der Waals surface area contributed by atoms with Gasteiger partial charge in [-0.15, -0.1) is 6.58 Å². The number of hydrogen-bond donors (Lipinski definition) is 0. The summed E-state index contributed by atoms with van der Waals surface area (Å²) in [4.78, 5) is 23.2. The van der Waals surface area contributed by atoms with E-state index in [1.54, 1.807) is 12.1 Å². The van der Waals surface area contributed by atoms with Gasteiger partial charge in [0.1, 0.15) is 16.7 Å². The van der Waals surface area contributed by atoms with Gasteiger partial charge in [-0.3, -0.25) is 4.79 Å². The SMILES string of the molecule is C=CCc1c2occc2c(OC)c2c(OC(C)=O)cc(=O)oc12. The van der Waals surface area contributed by atoms with Gasteiger partial charge in [0, 0.05) is 12.5 Å². The monoisotopic (exact) mass is 314 g/mol. The van der Waals surface area contributed by atoms with Gasteiger partial charge in [0.25, 0.3) is 0 Å². The Labute approximate surface area is 130 Å². The number of esters is 1. The van der Waals surface area contributed by atoms with Crippen molar-refractivity contribution < 1.29 is 23.1 Å². The van der Waals surface area contributed by atoms with Crippen molar-refractivity contribution in [2.24, 2.45) is 0 Å². The van der Waals surface area contributed by atoms with Gasteiger partial charge in [0.05, 0.1) is 24.8 Å². The second kappa shape index (κ2) is 5.64. The zero-order chi connectivity index (χ0) is 16.6. The van der Waals surface area contributed by atoms with E-state index in [-0.39, 0.29) is 11.3 Å². The number of methoxy groups -OCH3 is 1. The van der Waals surface area contributed by atoms with Gasteiger partial charge in [-0.2, -0.15) is 0 Å². The number of benzene rings is 1. The molecule has 2 heterocycles. The summed E-state index contributed by atoms with van der Waals surface area (Å²) < 4.78 is 21.5. The van der Waals surface area contributed by atoms with Crippen LogP contribution in [0.1, 0.15) is 12.5 Å². The van der Waals surface area contributed by atoms with Gasteiger partial charge in [-0.25, -0.2) is 4.79 Å². The van der Waals surface area contributed by atoms with E-state index in [2.05, 4.69) is 6.58 Å². The number of carbonyl (C=O) groups is 1. The van der Waals surface area contributed by atoms with Crippen LogP contribution in [0.4, 0.5) is 0 Å². The molecule has 0 atom stereocenters. The van der Waals surface area contributed by atoms with E-state index in [0.29, 0.717) is 34.1 Å². The summed E-state index contributed by atoms with van der Waals surface area (Å²) in [5, 5.41) is 1.10. The Kier molecular flexibility index (Phi) is 3.65. The van der Waals surface area contributed by atoms with Crippen LogP contribution in [0.2, 0.25) is 0 Å². The van der Waals surface area contributed by atoms with Crippen LogP contribution < -0.4 is 15.1 Å². The average molecular weight is 314 g/mol. The first kappa shape index (κ1) is 14.9. The van der Waals surface area contributed by atoms with Gasteiger partial charge >= 0.3 is 11.6 Å². The Bertz CT molecular complexity index is 976. The Balaban J connectivity index is 2.56. The molecule has 0 unspecified atom stereocenters. The normalized spacial score (nSPS) is 10.9. The van der Waals surface area contributed by atoms with Crippen molar-refractivity contribution in [2.45, 2.75) is 13.3 Å². The predicted octanol–water partition coefficient (Wildman–Crippen LogP) is 3.20. The topological polar surface area (TPSA) is 78.9 Å². The molecule has 0 radical (unpaired) electrons. The molecule has 0 amide bonds. The largest absolute Gasteiger partial charge is 0.495 e. The summed E-state index contributed by atoms with van der Waals surface area (Å²) in [6.45, 7) is 4.97. The van der Waals surface area contributed by atoms with Crippen LogP contribution in [-0.4, -0.2) is 13.1 Å². The number of furan rings is 1. The third-order valence-corrected chi connectivity index (χ3v) is 3.42. The van der Waals surface area contributed by atoms with E-state index >= 15 is 0 Å². The maximum absolute atomic E-state index is 11.9. The highest BCUT2D eigenvalue weighted by Crippen LogP contribution is 2.42. The lowest BCUT2D eigenvalue weighted by Gasteiger charge is -2.13. The lowest BCUT2D eigenvalue weighted by atomic mass is 10.0. The third kappa shape index (κ3) is 2.38. The van der Waals surface area contributed by atoms with E-state index in [9.17, 15) is 9.59 Å². The molecular weight excluding hydrogens is 300 g/mol. The highest BCUT2D eigenvalue weighted by atomic mass is 16.5. The van der Waals surface area contributed by atoms with Crippen LogP contribution in [0.5, 0.6) is 11.5 Å². The molecule has 6 heteroatoms. The number of carbonyl (C=O) groups excluding carboxylic acids is 1. The summed E-state index contributed by atoms with van der Waals surface area (Å²) in [5.41, 5.74) is 0.805. The number of rotatable bonds is 4. The maximum Gasteiger partial charge on any atom is 0.339 e. The van der Waals surface area contributed by atoms with Crippen molar-refractivity contribution in [1.82, 2.24) is 0 Å². The highest BCUT2D eigenvalue weighted by Gasteiger charge is 2.23. The molecule has 0 aliphatic heterocycles. The van der Waals surface area contributed by atoms with E-state index in [4.69, 9.17) is 18.3 Å². The summed E-state index contributed by atoms with van der Waals surface area (Å²) in [6.07, 6.45) is 3.60. The molecule has 6 nitrogen and oxygen atoms in total. The van der Waals surface area contributed by atoms with E-state index in [1.807, 2.05) is 0 Å². The van der Waals surface area contributed by atoms with Crippen LogP contribution in [0.25, 0.3) is 21.9 Å². The number of ether oxygens (including phenoxy) is 2. The summed E-state index contributed by atoms with van der Waals surface area (Å²) in [5.74, 6) is -0.0397. The lowest BCUT2D eigenvalue weighted by Crippen LogP contribution is -2.07. The minimum absolute atomic E-state index is 0.0917. The molecule has 23 heavy (non-hydrogen) atoms. The molecule has 0 aliphatic carbocycles. The van der Waals surface area contributed by atoms with Crippen molar-refractivity contribution in [3.63, 3.8) is 0 Å². The fraction of sp³-hybridized carbons (Fsp3) is 0.176. The van der Waals surface area contributed by atoms with Crippen molar-refractivity contribution in [3.8, 4) is 11.5 Å². The molecule has 0 aliphatic rings. The molecule has 0 spiro atoms. The molecule has 0 saturated carbocycles. The van der Waals surface area contributed by atoms with Gasteiger partial charge in [-0.05, 0) is 12.5 Å². The fourth-order valence-electron chi connectivity index (χ4n) is 2.64. The maximum atomic E-state index is 11.9. The Morgan fingerprint density at radius 1 is 1.39 bits per heavy atom. The van der Waals surface area contributed by atoms with E-state index in [0.717, 1.165) is 6.07 Å². The fourth-order valence-corrected chi connectivity index (χ4v) is 2.64. The highest BCUT2D eigenvalue weighted by molar-refractivity contribution is 6.07. The molecule has 2 aromatic heterocycles. The summed E-state index contributed by atoms with van der Waals surface area (Å²) >= 11 is 0. The van der Waals surface area contributed by atoms with Gasteiger partial charge in [0.15, 0.2) is 11.3 Å². The van der Waals surface area contributed by atoms with E-state index in [1.165, 1.54) is 20.3 Å². The van der Waals surface area contributed by atoms with Gasteiger partial charge in [-0.1, -0.05) is 6.08 Å². The molecular formula is C17H14O6. The predicted molar refractivity (Wildman–Crippen MR) is 84.0 cm³/mol. The van der Waals surface area contributed by atoms with E-state index < -0.39 is 11.6 Å². The van der Waals surface area contributed by atoms with Crippen LogP contribution in [-0.2, 0) is 11.2 Å². The molecule has 1 aromatic carbocycles. The summed E-state index contributed by atoms with van der Waals surface area (Å²) in [7, 11) is 1.48. The zero-order valence-corrected chi connectivity index (χ0v) is 12.7. The molecule has 3 rings (SSSR count). The van der Waals surface area contributed by atoms with Crippen LogP contribution in [0.3, 0.4) is 0 Å². The van der Waals surface area contributed by atoms with Crippen molar-refractivity contribution in [2.75, 3.05) is 7.11 Å². The first-order valence-corrected chi connectivity index (χ1v) is 6.90. The minimum Gasteiger partial charge on any atom is -0.495 e. The number of allylic oxidation sites excluding steroid dienone is 1. The second-order valence-corrected chi connectivity index (χ2v) is 4.90. The Morgan fingerprint density at radius 3 is 2.83 bits per heavy atom. The number of hydrogen-bond acceptors (Lipinski definition) is 6. The smallest absolute Gasteiger partial charge is 0.339 e. The lowest BCUT2D eigenvalue weighted by molar-refractivity contribution is -0.131. The summed E-state index contributed by atoms with van der Waals surface area (Å²) in [6, 6.07) is 2.86. The van der Waals surface area contributed by atoms with Crippen molar-refractivity contribution in [3.05, 3.63) is 47.0 Å². The van der Waals surface area contributed by atoms with Crippen LogP contribution in [0.15, 0.2) is 44.7 Å². The van der Waals surface area contributed by atoms with Crippen molar-refractivity contribution in [1.29, 1.82) is 0 Å². The van der Waals surface area contributed by atoms with Crippen LogP contribution in [0, 0.1) is 0 Å². The van der Waals surface area contributed by atoms with Crippen LogP contribution >= 0.6 is 0 Å². The van der Waals surface area contributed by atoms with Gasteiger partial charge in [0.2, 0.25) is 0 Å². The Hall–Kier alpha value is -3.02. The molecule has 0 N–H and O–H groups in total. The average Bonchev–Trinajstić information content (AvgIpc) is 2.96. The first-order chi connectivity index (χ1) is 11.1. The third-order valence-electron chi connectivity index (χ3n) is 3.42. The molecule has 0 fully saturated rings. The first-order valence-electron chi connectivity index (χ1n) is 6.90. The molecule has 0 saturated heterocycles. The molecule has 118 valence electrons. The zero-order valence-electron chi connectivity index (χ0n) is 12.7. The van der Waals surface area contributed by atoms with Crippen molar-refractivity contribution >= 4 is 27.9 Å². The molecule has 0 bridgehead atoms. The Morgan fingerprint density at radius 2 is 2.17 bits per heavy atom. The van der Waals surface area contributed by atoms with Gasteiger partial charge < -0.3 is 18.3 Å². The quantitative estimate of drug-likeness (QED) is 0.418. The molecule has 3 aromatic rings. The second-order valence-electron chi connectivity index (χ2n) is 4.90. The minimum atomic E-state index is -0.632.